The van der Waals surface area contributed by atoms with Crippen LogP contribution in [0.15, 0.2) is 18.2 Å². The van der Waals surface area contributed by atoms with Crippen LogP contribution >= 0.6 is 0 Å². The van der Waals surface area contributed by atoms with Gasteiger partial charge >= 0.3 is 0 Å². The second kappa shape index (κ2) is 2.32. The maximum Gasteiger partial charge on any atom is 0.123 e. The van der Waals surface area contributed by atoms with Crippen molar-refractivity contribution in [1.29, 1.82) is 0 Å². The summed E-state index contributed by atoms with van der Waals surface area (Å²) in [6.07, 6.45) is 2.07. The van der Waals surface area contributed by atoms with Crippen molar-refractivity contribution in [2.75, 3.05) is 0 Å². The Bertz CT molecular complexity index is 361. The van der Waals surface area contributed by atoms with E-state index in [1.165, 1.54) is 11.1 Å². The summed E-state index contributed by atoms with van der Waals surface area (Å²) in [4.78, 5) is 0. The smallest absolute Gasteiger partial charge is 0.123 e. The second-order valence-electron chi connectivity index (χ2n) is 4.22. The number of halogens is 1. The highest BCUT2D eigenvalue weighted by Gasteiger charge is 2.44. The molecule has 2 aliphatic carbocycles. The maximum absolute atomic E-state index is 12.9. The van der Waals surface area contributed by atoms with Crippen molar-refractivity contribution in [2.24, 2.45) is 11.7 Å². The fourth-order valence-electron chi connectivity index (χ4n) is 2.76. The van der Waals surface area contributed by atoms with Gasteiger partial charge in [-0.1, -0.05) is 6.07 Å². The topological polar surface area (TPSA) is 26.0 Å². The highest BCUT2D eigenvalue weighted by atomic mass is 19.1. The van der Waals surface area contributed by atoms with Crippen LogP contribution in [0.2, 0.25) is 0 Å². The van der Waals surface area contributed by atoms with E-state index in [1.807, 2.05) is 6.07 Å². The predicted molar refractivity (Wildman–Crippen MR) is 48.9 cm³/mol. The molecular formula is C11H12FN. The first-order chi connectivity index (χ1) is 6.25. The highest BCUT2D eigenvalue weighted by molar-refractivity contribution is 5.40. The average Bonchev–Trinajstić information content (AvgIpc) is 2.39. The van der Waals surface area contributed by atoms with E-state index in [9.17, 15) is 4.39 Å². The molecule has 3 unspecified atom stereocenters. The summed E-state index contributed by atoms with van der Waals surface area (Å²) < 4.78 is 12.9. The Morgan fingerprint density at radius 1 is 1.38 bits per heavy atom. The molecule has 2 heteroatoms. The molecule has 0 aliphatic heterocycles. The van der Waals surface area contributed by atoms with E-state index < -0.39 is 0 Å². The molecule has 2 aliphatic rings. The molecule has 1 aromatic rings. The molecule has 0 spiro atoms. The monoisotopic (exact) mass is 177 g/mol. The Balaban J connectivity index is 2.04. The summed E-state index contributed by atoms with van der Waals surface area (Å²) in [5.41, 5.74) is 8.41. The summed E-state index contributed by atoms with van der Waals surface area (Å²) in [7, 11) is 0. The lowest BCUT2D eigenvalue weighted by atomic mass is 9.70. The minimum Gasteiger partial charge on any atom is -0.327 e. The molecule has 0 radical (unpaired) electrons. The SMILES string of the molecule is NC1CC2c3ccc(F)cc3CC12. The third-order valence-corrected chi connectivity index (χ3v) is 3.55. The van der Waals surface area contributed by atoms with Crippen LogP contribution < -0.4 is 5.73 Å². The number of hydrogen-bond acceptors (Lipinski definition) is 1. The summed E-state index contributed by atoms with van der Waals surface area (Å²) in [6, 6.07) is 5.51. The van der Waals surface area contributed by atoms with Crippen molar-refractivity contribution >= 4 is 0 Å². The van der Waals surface area contributed by atoms with Crippen molar-refractivity contribution in [3.63, 3.8) is 0 Å². The molecule has 1 nitrogen and oxygen atoms in total. The minimum absolute atomic E-state index is 0.117. The van der Waals surface area contributed by atoms with Gasteiger partial charge in [0, 0.05) is 6.04 Å². The first-order valence-electron chi connectivity index (χ1n) is 4.79. The van der Waals surface area contributed by atoms with Crippen LogP contribution in [0.3, 0.4) is 0 Å². The van der Waals surface area contributed by atoms with Crippen LogP contribution in [0, 0.1) is 11.7 Å². The lowest BCUT2D eigenvalue weighted by Gasteiger charge is -2.38. The average molecular weight is 177 g/mol. The van der Waals surface area contributed by atoms with E-state index in [0.29, 0.717) is 17.9 Å². The first-order valence-corrected chi connectivity index (χ1v) is 4.79. The number of nitrogens with two attached hydrogens (primary N) is 1. The van der Waals surface area contributed by atoms with Crippen LogP contribution in [0.4, 0.5) is 4.39 Å². The zero-order valence-electron chi connectivity index (χ0n) is 7.33. The van der Waals surface area contributed by atoms with Crippen LogP contribution in [-0.4, -0.2) is 6.04 Å². The van der Waals surface area contributed by atoms with Gasteiger partial charge in [-0.2, -0.15) is 0 Å². The Labute approximate surface area is 76.7 Å². The van der Waals surface area contributed by atoms with Crippen molar-refractivity contribution in [3.8, 4) is 0 Å². The van der Waals surface area contributed by atoms with E-state index in [4.69, 9.17) is 5.73 Å². The fourth-order valence-corrected chi connectivity index (χ4v) is 2.76. The number of hydrogen-bond donors (Lipinski definition) is 1. The number of rotatable bonds is 0. The molecule has 0 heterocycles. The van der Waals surface area contributed by atoms with Gasteiger partial charge in [0.2, 0.25) is 0 Å². The van der Waals surface area contributed by atoms with E-state index in [0.717, 1.165) is 12.8 Å². The maximum atomic E-state index is 12.9. The van der Waals surface area contributed by atoms with Crippen molar-refractivity contribution in [2.45, 2.75) is 24.8 Å². The molecule has 0 bridgehead atoms. The van der Waals surface area contributed by atoms with Crippen LogP contribution in [0.5, 0.6) is 0 Å². The highest BCUT2D eigenvalue weighted by Crippen LogP contribution is 2.50. The Hall–Kier alpha value is -0.890. The second-order valence-corrected chi connectivity index (χ2v) is 4.22. The van der Waals surface area contributed by atoms with Gasteiger partial charge in [-0.05, 0) is 47.9 Å². The largest absolute Gasteiger partial charge is 0.327 e. The molecule has 68 valence electrons. The molecule has 1 fully saturated rings. The molecule has 0 amide bonds. The molecule has 3 atom stereocenters. The van der Waals surface area contributed by atoms with Crippen molar-refractivity contribution in [1.82, 2.24) is 0 Å². The Morgan fingerprint density at radius 2 is 2.23 bits per heavy atom. The van der Waals surface area contributed by atoms with E-state index >= 15 is 0 Å². The van der Waals surface area contributed by atoms with Gasteiger partial charge in [0.05, 0.1) is 0 Å². The summed E-state index contributed by atoms with van der Waals surface area (Å²) >= 11 is 0. The van der Waals surface area contributed by atoms with Gasteiger partial charge in [0.25, 0.3) is 0 Å². The summed E-state index contributed by atoms with van der Waals surface area (Å²) in [5.74, 6) is 1.11. The Kier molecular flexibility index (Phi) is 1.34. The van der Waals surface area contributed by atoms with Gasteiger partial charge < -0.3 is 5.73 Å². The molecule has 0 saturated heterocycles. The third-order valence-electron chi connectivity index (χ3n) is 3.55. The first kappa shape index (κ1) is 7.51. The molecule has 13 heavy (non-hydrogen) atoms. The predicted octanol–water partition coefficient (Wildman–Crippen LogP) is 1.81. The molecule has 3 rings (SSSR count). The van der Waals surface area contributed by atoms with E-state index in [1.54, 1.807) is 12.1 Å². The summed E-state index contributed by atoms with van der Waals surface area (Å²) in [5, 5.41) is 0. The third kappa shape index (κ3) is 0.894. The van der Waals surface area contributed by atoms with Crippen LogP contribution in [0.25, 0.3) is 0 Å². The zero-order valence-corrected chi connectivity index (χ0v) is 7.33. The summed E-state index contributed by atoms with van der Waals surface area (Å²) in [6.45, 7) is 0. The lowest BCUT2D eigenvalue weighted by Crippen LogP contribution is -2.43. The van der Waals surface area contributed by atoms with E-state index in [-0.39, 0.29) is 5.82 Å². The van der Waals surface area contributed by atoms with E-state index in [2.05, 4.69) is 0 Å². The number of benzene rings is 1. The molecule has 0 aromatic heterocycles. The lowest BCUT2D eigenvalue weighted by molar-refractivity contribution is 0.226. The standard InChI is InChI=1S/C11H12FN/c12-7-1-2-8-6(3-7)4-10-9(8)5-11(10)13/h1-3,9-11H,4-5,13H2. The fraction of sp³-hybridized carbons (Fsp3) is 0.455. The minimum atomic E-state index is -0.117. The molecule has 1 aromatic carbocycles. The van der Waals surface area contributed by atoms with Gasteiger partial charge in [0.15, 0.2) is 0 Å². The normalized spacial score (nSPS) is 35.1. The van der Waals surface area contributed by atoms with Gasteiger partial charge in [-0.15, -0.1) is 0 Å². The molecular weight excluding hydrogens is 165 g/mol. The zero-order chi connectivity index (χ0) is 9.00. The van der Waals surface area contributed by atoms with Crippen LogP contribution in [0.1, 0.15) is 23.5 Å². The van der Waals surface area contributed by atoms with Crippen molar-refractivity contribution < 1.29 is 4.39 Å². The van der Waals surface area contributed by atoms with Gasteiger partial charge in [-0.3, -0.25) is 0 Å². The van der Waals surface area contributed by atoms with Gasteiger partial charge in [-0.25, -0.2) is 4.39 Å². The van der Waals surface area contributed by atoms with Crippen LogP contribution in [-0.2, 0) is 6.42 Å². The van der Waals surface area contributed by atoms with Crippen molar-refractivity contribution in [3.05, 3.63) is 35.1 Å². The molecule has 1 saturated carbocycles. The quantitative estimate of drug-likeness (QED) is 0.642. The Morgan fingerprint density at radius 3 is 3.00 bits per heavy atom. The van der Waals surface area contributed by atoms with Gasteiger partial charge in [0.1, 0.15) is 5.82 Å². The number of fused-ring (bicyclic) bond motifs is 3. The molecule has 2 N–H and O–H groups in total.